The second-order valence-corrected chi connectivity index (χ2v) is 3.78. The summed E-state index contributed by atoms with van der Waals surface area (Å²) in [6.45, 7) is 6.68. The van der Waals surface area contributed by atoms with E-state index in [0.29, 0.717) is 13.2 Å². The zero-order valence-corrected chi connectivity index (χ0v) is 10.3. The van der Waals surface area contributed by atoms with Gasteiger partial charge in [-0.2, -0.15) is 0 Å². The second kappa shape index (κ2) is 6.15. The number of anilines is 1. The molecule has 0 saturated carbocycles. The summed E-state index contributed by atoms with van der Waals surface area (Å²) in [4.78, 5) is 14.4. The number of aromatic nitrogens is 1. The van der Waals surface area contributed by atoms with E-state index in [4.69, 9.17) is 4.74 Å². The highest BCUT2D eigenvalue weighted by Crippen LogP contribution is 2.22. The van der Waals surface area contributed by atoms with Crippen molar-refractivity contribution in [3.05, 3.63) is 27.9 Å². The van der Waals surface area contributed by atoms with Gasteiger partial charge in [0.05, 0.1) is 11.0 Å². The van der Waals surface area contributed by atoms with E-state index in [0.717, 1.165) is 5.56 Å². The van der Waals surface area contributed by atoms with Crippen LogP contribution in [0.25, 0.3) is 0 Å². The third-order valence-electron chi connectivity index (χ3n) is 2.21. The topological polar surface area (TPSA) is 77.3 Å². The Morgan fingerprint density at radius 2 is 2.35 bits per heavy atom. The first-order valence-corrected chi connectivity index (χ1v) is 5.51. The van der Waals surface area contributed by atoms with Crippen LogP contribution in [0.1, 0.15) is 19.4 Å². The van der Waals surface area contributed by atoms with E-state index in [2.05, 4.69) is 10.3 Å². The molecule has 17 heavy (non-hydrogen) atoms. The van der Waals surface area contributed by atoms with Crippen LogP contribution >= 0.6 is 0 Å². The summed E-state index contributed by atoms with van der Waals surface area (Å²) >= 11 is 0. The van der Waals surface area contributed by atoms with Gasteiger partial charge in [-0.15, -0.1) is 0 Å². The van der Waals surface area contributed by atoms with E-state index < -0.39 is 4.92 Å². The second-order valence-electron chi connectivity index (χ2n) is 3.78. The van der Waals surface area contributed by atoms with Crippen molar-refractivity contribution in [2.45, 2.75) is 26.9 Å². The molecule has 0 bridgehead atoms. The zero-order chi connectivity index (χ0) is 12.8. The van der Waals surface area contributed by atoms with Gasteiger partial charge in [-0.3, -0.25) is 10.1 Å². The molecule has 1 N–H and O–H groups in total. The lowest BCUT2D eigenvalue weighted by Crippen LogP contribution is -2.20. The van der Waals surface area contributed by atoms with Crippen molar-refractivity contribution < 1.29 is 9.66 Å². The summed E-state index contributed by atoms with van der Waals surface area (Å²) in [6.07, 6.45) is 1.59. The van der Waals surface area contributed by atoms with Crippen molar-refractivity contribution in [1.82, 2.24) is 4.98 Å². The maximum atomic E-state index is 10.8. The highest BCUT2D eigenvalue weighted by Gasteiger charge is 2.15. The summed E-state index contributed by atoms with van der Waals surface area (Å²) < 4.78 is 5.33. The van der Waals surface area contributed by atoms with Gasteiger partial charge in [0, 0.05) is 25.4 Å². The van der Waals surface area contributed by atoms with E-state index in [-0.39, 0.29) is 17.6 Å². The van der Waals surface area contributed by atoms with Crippen molar-refractivity contribution >= 4 is 11.5 Å². The minimum atomic E-state index is -0.437. The Balaban J connectivity index is 2.73. The van der Waals surface area contributed by atoms with Gasteiger partial charge in [0.25, 0.3) is 0 Å². The van der Waals surface area contributed by atoms with E-state index >= 15 is 0 Å². The van der Waals surface area contributed by atoms with Gasteiger partial charge in [0.2, 0.25) is 5.82 Å². The lowest BCUT2D eigenvalue weighted by Gasteiger charge is -2.13. The first-order chi connectivity index (χ1) is 8.04. The van der Waals surface area contributed by atoms with Gasteiger partial charge in [-0.25, -0.2) is 4.98 Å². The number of rotatable bonds is 6. The lowest BCUT2D eigenvalue weighted by molar-refractivity contribution is -0.384. The summed E-state index contributed by atoms with van der Waals surface area (Å²) in [5, 5.41) is 13.8. The van der Waals surface area contributed by atoms with E-state index in [9.17, 15) is 10.1 Å². The number of nitro groups is 1. The molecule has 0 aliphatic carbocycles. The Bertz CT molecular complexity index is 396. The highest BCUT2D eigenvalue weighted by atomic mass is 16.6. The van der Waals surface area contributed by atoms with Crippen molar-refractivity contribution in [3.8, 4) is 0 Å². The smallest absolute Gasteiger partial charge is 0.311 e. The minimum absolute atomic E-state index is 0.00583. The predicted octanol–water partition coefficient (Wildman–Crippen LogP) is 2.14. The summed E-state index contributed by atoms with van der Waals surface area (Å²) in [5.41, 5.74) is 0.758. The average molecular weight is 239 g/mol. The normalized spacial score (nSPS) is 12.2. The molecule has 0 aliphatic rings. The van der Waals surface area contributed by atoms with Gasteiger partial charge in [-0.05, 0) is 26.3 Å². The number of hydrogen-bond donors (Lipinski definition) is 1. The molecule has 0 aromatic carbocycles. The molecule has 1 atom stereocenters. The van der Waals surface area contributed by atoms with Gasteiger partial charge in [0.1, 0.15) is 0 Å². The Morgan fingerprint density at radius 1 is 1.65 bits per heavy atom. The zero-order valence-electron chi connectivity index (χ0n) is 10.3. The van der Waals surface area contributed by atoms with Crippen LogP contribution in [0.2, 0.25) is 0 Å². The molecule has 1 heterocycles. The molecule has 6 heteroatoms. The van der Waals surface area contributed by atoms with Crippen molar-refractivity contribution in [2.75, 3.05) is 18.5 Å². The standard InChI is InChI=1S/C11H17N3O3/c1-4-17-9(3)7-13-11-10(14(15)16)5-8(2)6-12-11/h5-6,9H,4,7H2,1-3H3,(H,12,13). The third-order valence-corrected chi connectivity index (χ3v) is 2.21. The molecule has 0 fully saturated rings. The number of pyridine rings is 1. The maximum absolute atomic E-state index is 10.8. The van der Waals surface area contributed by atoms with Crippen LogP contribution in [0.5, 0.6) is 0 Å². The molecule has 0 spiro atoms. The molecule has 1 rings (SSSR count). The minimum Gasteiger partial charge on any atom is -0.377 e. The van der Waals surface area contributed by atoms with Crippen molar-refractivity contribution in [2.24, 2.45) is 0 Å². The van der Waals surface area contributed by atoms with Gasteiger partial charge in [-0.1, -0.05) is 0 Å². The van der Waals surface area contributed by atoms with Crippen LogP contribution in [0.15, 0.2) is 12.3 Å². The molecule has 1 aromatic heterocycles. The predicted molar refractivity (Wildman–Crippen MR) is 65.2 cm³/mol. The molecular weight excluding hydrogens is 222 g/mol. The molecular formula is C11H17N3O3. The van der Waals surface area contributed by atoms with Crippen LogP contribution in [0, 0.1) is 17.0 Å². The number of nitrogens with zero attached hydrogens (tertiary/aromatic N) is 2. The molecule has 1 aromatic rings. The fourth-order valence-corrected chi connectivity index (χ4v) is 1.41. The van der Waals surface area contributed by atoms with E-state index in [1.54, 1.807) is 13.1 Å². The average Bonchev–Trinajstić information content (AvgIpc) is 2.27. The molecule has 94 valence electrons. The van der Waals surface area contributed by atoms with Gasteiger partial charge >= 0.3 is 5.69 Å². The summed E-state index contributed by atoms with van der Waals surface area (Å²) in [5.74, 6) is 0.284. The summed E-state index contributed by atoms with van der Waals surface area (Å²) in [6, 6.07) is 1.50. The van der Waals surface area contributed by atoms with E-state index in [1.165, 1.54) is 6.07 Å². The first-order valence-electron chi connectivity index (χ1n) is 5.51. The molecule has 6 nitrogen and oxygen atoms in total. The van der Waals surface area contributed by atoms with Crippen molar-refractivity contribution in [3.63, 3.8) is 0 Å². The monoisotopic (exact) mass is 239 g/mol. The highest BCUT2D eigenvalue weighted by molar-refractivity contribution is 5.56. The quantitative estimate of drug-likeness (QED) is 0.607. The van der Waals surface area contributed by atoms with Crippen LogP contribution in [0.4, 0.5) is 11.5 Å². The van der Waals surface area contributed by atoms with Gasteiger partial charge < -0.3 is 10.1 Å². The fraction of sp³-hybridized carbons (Fsp3) is 0.545. The Labute approximate surface area is 100 Å². The molecule has 0 saturated heterocycles. The molecule has 0 aliphatic heterocycles. The molecule has 0 radical (unpaired) electrons. The van der Waals surface area contributed by atoms with Crippen LogP contribution in [-0.4, -0.2) is 29.2 Å². The van der Waals surface area contributed by atoms with E-state index in [1.807, 2.05) is 13.8 Å². The number of hydrogen-bond acceptors (Lipinski definition) is 5. The number of ether oxygens (including phenoxy) is 1. The first kappa shape index (κ1) is 13.4. The summed E-state index contributed by atoms with van der Waals surface area (Å²) in [7, 11) is 0. The van der Waals surface area contributed by atoms with Crippen LogP contribution in [-0.2, 0) is 4.74 Å². The van der Waals surface area contributed by atoms with Crippen molar-refractivity contribution in [1.29, 1.82) is 0 Å². The molecule has 1 unspecified atom stereocenters. The Morgan fingerprint density at radius 3 is 2.94 bits per heavy atom. The SMILES string of the molecule is CCOC(C)CNc1ncc(C)cc1[N+](=O)[O-]. The third kappa shape index (κ3) is 3.99. The fourth-order valence-electron chi connectivity index (χ4n) is 1.41. The number of aryl methyl sites for hydroxylation is 1. The number of nitrogens with one attached hydrogen (secondary N) is 1. The Hall–Kier alpha value is -1.69. The van der Waals surface area contributed by atoms with Crippen LogP contribution < -0.4 is 5.32 Å². The van der Waals surface area contributed by atoms with Gasteiger partial charge in [0.15, 0.2) is 0 Å². The lowest BCUT2D eigenvalue weighted by atomic mass is 10.3. The maximum Gasteiger partial charge on any atom is 0.311 e. The molecule has 0 amide bonds. The van der Waals surface area contributed by atoms with Crippen LogP contribution in [0.3, 0.4) is 0 Å². The Kier molecular flexibility index (Phi) is 4.84. The largest absolute Gasteiger partial charge is 0.377 e.